The van der Waals surface area contributed by atoms with Crippen LogP contribution in [0.25, 0.3) is 0 Å². The number of halogens is 2. The molecule has 1 aliphatic heterocycles. The summed E-state index contributed by atoms with van der Waals surface area (Å²) >= 11 is 13.3. The molecule has 1 atom stereocenters. The lowest BCUT2D eigenvalue weighted by molar-refractivity contribution is -0.124. The van der Waals surface area contributed by atoms with Crippen molar-refractivity contribution in [1.29, 1.82) is 0 Å². The van der Waals surface area contributed by atoms with E-state index in [2.05, 4.69) is 10.3 Å². The lowest BCUT2D eigenvalue weighted by atomic mass is 10.2. The van der Waals surface area contributed by atoms with Gasteiger partial charge in [-0.2, -0.15) is 0 Å². The molecule has 0 radical (unpaired) electrons. The number of rotatable bonds is 4. The molecule has 1 aromatic heterocycles. The van der Waals surface area contributed by atoms with Crippen LogP contribution in [-0.4, -0.2) is 22.8 Å². The third-order valence-electron chi connectivity index (χ3n) is 3.64. The van der Waals surface area contributed by atoms with E-state index < -0.39 is 6.04 Å². The van der Waals surface area contributed by atoms with E-state index in [1.165, 1.54) is 16.2 Å². The lowest BCUT2D eigenvalue weighted by Crippen LogP contribution is -2.44. The summed E-state index contributed by atoms with van der Waals surface area (Å²) in [5.74, 6) is -0.255. The maximum atomic E-state index is 12.5. The maximum Gasteiger partial charge on any atom is 0.243 e. The first-order chi connectivity index (χ1) is 11.1. The first kappa shape index (κ1) is 16.2. The van der Waals surface area contributed by atoms with Crippen LogP contribution in [0, 0.1) is 0 Å². The van der Waals surface area contributed by atoms with Crippen LogP contribution < -0.4 is 10.2 Å². The van der Waals surface area contributed by atoms with Crippen molar-refractivity contribution in [3.63, 3.8) is 0 Å². The summed E-state index contributed by atoms with van der Waals surface area (Å²) in [5, 5.41) is 4.57. The number of amides is 2. The largest absolute Gasteiger partial charge is 0.350 e. The molecule has 0 unspecified atom stereocenters. The fourth-order valence-corrected chi connectivity index (χ4v) is 3.67. The number of benzene rings is 1. The summed E-state index contributed by atoms with van der Waals surface area (Å²) in [6.45, 7) is 0.288. The molecule has 0 saturated carbocycles. The van der Waals surface area contributed by atoms with Crippen molar-refractivity contribution in [2.24, 2.45) is 0 Å². The van der Waals surface area contributed by atoms with Crippen molar-refractivity contribution >= 4 is 51.4 Å². The van der Waals surface area contributed by atoms with E-state index in [9.17, 15) is 9.59 Å². The van der Waals surface area contributed by atoms with Gasteiger partial charge in [0, 0.05) is 23.0 Å². The number of carbonyl (C=O) groups excluding carboxylic acids is 2. The molecule has 0 spiro atoms. The highest BCUT2D eigenvalue weighted by molar-refractivity contribution is 7.14. The first-order valence-electron chi connectivity index (χ1n) is 6.98. The molecular formula is C15H13Cl2N3O2S. The zero-order valence-corrected chi connectivity index (χ0v) is 14.3. The Balaban J connectivity index is 1.69. The zero-order chi connectivity index (χ0) is 16.4. The molecule has 3 rings (SSSR count). The van der Waals surface area contributed by atoms with Crippen LogP contribution >= 0.6 is 34.5 Å². The molecule has 5 nitrogen and oxygen atoms in total. The van der Waals surface area contributed by atoms with E-state index >= 15 is 0 Å². The minimum atomic E-state index is -0.506. The Morgan fingerprint density at radius 2 is 2.26 bits per heavy atom. The Morgan fingerprint density at radius 3 is 2.96 bits per heavy atom. The van der Waals surface area contributed by atoms with E-state index in [4.69, 9.17) is 23.2 Å². The highest BCUT2D eigenvalue weighted by Gasteiger charge is 2.37. The third kappa shape index (κ3) is 3.49. The molecule has 2 aromatic rings. The smallest absolute Gasteiger partial charge is 0.243 e. The van der Waals surface area contributed by atoms with Gasteiger partial charge >= 0.3 is 0 Å². The average Bonchev–Trinajstić information content (AvgIpc) is 3.15. The van der Waals surface area contributed by atoms with Crippen LogP contribution in [0.3, 0.4) is 0 Å². The summed E-state index contributed by atoms with van der Waals surface area (Å²) in [4.78, 5) is 30.0. The van der Waals surface area contributed by atoms with Crippen LogP contribution in [0.2, 0.25) is 10.0 Å². The van der Waals surface area contributed by atoms with Gasteiger partial charge in [-0.15, -0.1) is 11.3 Å². The van der Waals surface area contributed by atoms with E-state index in [0.29, 0.717) is 27.9 Å². The van der Waals surface area contributed by atoms with Crippen molar-refractivity contribution in [3.8, 4) is 0 Å². The Kier molecular flexibility index (Phi) is 4.84. The molecule has 2 heterocycles. The third-order valence-corrected chi connectivity index (χ3v) is 5.00. The quantitative estimate of drug-likeness (QED) is 0.899. The molecule has 8 heteroatoms. The molecule has 0 aliphatic carbocycles. The van der Waals surface area contributed by atoms with Crippen LogP contribution in [-0.2, 0) is 16.1 Å². The zero-order valence-electron chi connectivity index (χ0n) is 12.0. The van der Waals surface area contributed by atoms with Crippen molar-refractivity contribution in [1.82, 2.24) is 10.3 Å². The summed E-state index contributed by atoms with van der Waals surface area (Å²) in [6.07, 6.45) is 2.46. The van der Waals surface area contributed by atoms with Gasteiger partial charge in [0.05, 0.1) is 11.7 Å². The molecule has 1 N–H and O–H groups in total. The number of hydrogen-bond acceptors (Lipinski definition) is 4. The molecule has 1 saturated heterocycles. The Morgan fingerprint density at radius 1 is 1.43 bits per heavy atom. The first-order valence-corrected chi connectivity index (χ1v) is 8.62. The van der Waals surface area contributed by atoms with Crippen LogP contribution in [0.4, 0.5) is 5.00 Å². The van der Waals surface area contributed by atoms with E-state index in [1.54, 1.807) is 29.9 Å². The second-order valence-corrected chi connectivity index (χ2v) is 6.82. The summed E-state index contributed by atoms with van der Waals surface area (Å²) in [5.41, 5.74) is 2.42. The molecule has 1 aliphatic rings. The van der Waals surface area contributed by atoms with Crippen molar-refractivity contribution in [2.45, 2.75) is 25.4 Å². The number of nitrogens with one attached hydrogen (secondary N) is 1. The Bertz CT molecular complexity index is 736. The number of aromatic nitrogens is 1. The van der Waals surface area contributed by atoms with E-state index in [0.717, 1.165) is 5.56 Å². The Hall–Kier alpha value is -1.63. The van der Waals surface area contributed by atoms with Gasteiger partial charge in [0.2, 0.25) is 11.8 Å². The molecule has 0 bridgehead atoms. The standard InChI is InChI=1S/C15H13Cl2N3O2S/c16-10-2-1-9(11(17)5-10)6-19-15(22)12-3-4-13(21)20(12)14-7-18-8-23-14/h1-2,5,7-8,12H,3-4,6H2,(H,19,22)/t12-/m0/s1. The predicted molar refractivity (Wildman–Crippen MR) is 90.9 cm³/mol. The van der Waals surface area contributed by atoms with Gasteiger partial charge in [-0.25, -0.2) is 0 Å². The molecule has 120 valence electrons. The Labute approximate surface area is 147 Å². The minimum Gasteiger partial charge on any atom is -0.350 e. The van der Waals surface area contributed by atoms with Crippen molar-refractivity contribution < 1.29 is 9.59 Å². The van der Waals surface area contributed by atoms with Gasteiger partial charge in [0.15, 0.2) is 0 Å². The molecule has 2 amide bonds. The maximum absolute atomic E-state index is 12.5. The van der Waals surface area contributed by atoms with Crippen molar-refractivity contribution in [2.75, 3.05) is 4.90 Å². The fraction of sp³-hybridized carbons (Fsp3) is 0.267. The summed E-state index contributed by atoms with van der Waals surface area (Å²) in [7, 11) is 0. The number of carbonyl (C=O) groups is 2. The van der Waals surface area contributed by atoms with Crippen LogP contribution in [0.1, 0.15) is 18.4 Å². The summed E-state index contributed by atoms with van der Waals surface area (Å²) in [6, 6.07) is 4.62. The molecule has 23 heavy (non-hydrogen) atoms. The number of thiazole rings is 1. The van der Waals surface area contributed by atoms with Crippen LogP contribution in [0.15, 0.2) is 29.9 Å². The van der Waals surface area contributed by atoms with Gasteiger partial charge in [0.1, 0.15) is 11.0 Å². The number of anilines is 1. The highest BCUT2D eigenvalue weighted by atomic mass is 35.5. The lowest BCUT2D eigenvalue weighted by Gasteiger charge is -2.22. The second-order valence-electron chi connectivity index (χ2n) is 5.11. The highest BCUT2D eigenvalue weighted by Crippen LogP contribution is 2.29. The van der Waals surface area contributed by atoms with E-state index in [-0.39, 0.29) is 18.4 Å². The van der Waals surface area contributed by atoms with Gasteiger partial charge in [-0.05, 0) is 24.1 Å². The second kappa shape index (κ2) is 6.86. The average molecular weight is 370 g/mol. The van der Waals surface area contributed by atoms with Crippen molar-refractivity contribution in [3.05, 3.63) is 45.5 Å². The van der Waals surface area contributed by atoms with E-state index in [1.807, 2.05) is 0 Å². The normalized spacial score (nSPS) is 17.6. The van der Waals surface area contributed by atoms with Gasteiger partial charge in [-0.1, -0.05) is 29.3 Å². The molecule has 1 fully saturated rings. The SMILES string of the molecule is O=C(NCc1ccc(Cl)cc1Cl)[C@@H]1CCC(=O)N1c1cncs1. The minimum absolute atomic E-state index is 0.0566. The number of hydrogen-bond donors (Lipinski definition) is 1. The predicted octanol–water partition coefficient (Wildman–Crippen LogP) is 3.26. The monoisotopic (exact) mass is 369 g/mol. The van der Waals surface area contributed by atoms with Gasteiger partial charge in [0.25, 0.3) is 0 Å². The summed E-state index contributed by atoms with van der Waals surface area (Å²) < 4.78 is 0. The number of nitrogens with zero attached hydrogens (tertiary/aromatic N) is 2. The molecule has 1 aromatic carbocycles. The van der Waals surface area contributed by atoms with Gasteiger partial charge in [-0.3, -0.25) is 19.5 Å². The van der Waals surface area contributed by atoms with Gasteiger partial charge < -0.3 is 5.32 Å². The topological polar surface area (TPSA) is 62.3 Å². The molecular weight excluding hydrogens is 357 g/mol. The van der Waals surface area contributed by atoms with Crippen LogP contribution in [0.5, 0.6) is 0 Å². The fourth-order valence-electron chi connectivity index (χ4n) is 2.50.